The summed E-state index contributed by atoms with van der Waals surface area (Å²) in [5.74, 6) is -0.616. The van der Waals surface area contributed by atoms with E-state index in [2.05, 4.69) is 19.5 Å². The molecule has 1 N–H and O–H groups in total. The van der Waals surface area contributed by atoms with Crippen molar-refractivity contribution in [3.05, 3.63) is 77.4 Å². The van der Waals surface area contributed by atoms with Crippen LogP contribution in [0.1, 0.15) is 46.2 Å². The summed E-state index contributed by atoms with van der Waals surface area (Å²) in [6.07, 6.45) is 5.33. The monoisotopic (exact) mass is 426 g/mol. The van der Waals surface area contributed by atoms with Crippen LogP contribution in [0.15, 0.2) is 59.8 Å². The highest BCUT2D eigenvalue weighted by Gasteiger charge is 2.29. The first kappa shape index (κ1) is 20.2. The fraction of sp³-hybridized carbons (Fsp3) is 0.286. The van der Waals surface area contributed by atoms with Crippen LogP contribution in [0.4, 0.5) is 0 Å². The van der Waals surface area contributed by atoms with E-state index in [-0.39, 0.29) is 16.6 Å². The molecule has 0 saturated heterocycles. The van der Waals surface area contributed by atoms with E-state index < -0.39 is 16.0 Å². The number of rotatable bonds is 6. The van der Waals surface area contributed by atoms with Crippen LogP contribution in [0.25, 0.3) is 0 Å². The number of fused-ring (bicyclic) bond motifs is 1. The molecule has 9 heteroatoms. The molecule has 0 radical (unpaired) electrons. The fourth-order valence-corrected chi connectivity index (χ4v) is 4.85. The standard InChI is InChI=1S/C21H22N4O4S/c1-29-21(26)19-11-10-16(12-22-19)30(27,28)24-18-8-5-9-20-17(18)13-23-25(20)14-15-6-3-2-4-7-15/h2-4,6-7,10-13,18,24H,5,8-9,14H2,1H3. The molecule has 0 bridgehead atoms. The maximum atomic E-state index is 12.9. The van der Waals surface area contributed by atoms with Gasteiger partial charge in [-0.3, -0.25) is 4.68 Å². The molecule has 2 heterocycles. The molecule has 0 amide bonds. The zero-order valence-electron chi connectivity index (χ0n) is 16.5. The lowest BCUT2D eigenvalue weighted by molar-refractivity contribution is 0.0594. The second-order valence-corrected chi connectivity index (χ2v) is 8.84. The normalized spacial score (nSPS) is 16.1. The van der Waals surface area contributed by atoms with Gasteiger partial charge in [0, 0.05) is 17.5 Å². The molecular weight excluding hydrogens is 404 g/mol. The Bertz CT molecular complexity index is 1140. The van der Waals surface area contributed by atoms with E-state index in [4.69, 9.17) is 0 Å². The van der Waals surface area contributed by atoms with Crippen molar-refractivity contribution in [3.63, 3.8) is 0 Å². The van der Waals surface area contributed by atoms with Gasteiger partial charge in [-0.2, -0.15) is 5.10 Å². The number of sulfonamides is 1. The van der Waals surface area contributed by atoms with Gasteiger partial charge < -0.3 is 4.74 Å². The van der Waals surface area contributed by atoms with Gasteiger partial charge in [-0.1, -0.05) is 30.3 Å². The van der Waals surface area contributed by atoms with Crippen molar-refractivity contribution in [3.8, 4) is 0 Å². The molecule has 1 aromatic carbocycles. The summed E-state index contributed by atoms with van der Waals surface area (Å²) in [4.78, 5) is 15.4. The number of carbonyl (C=O) groups excluding carboxylic acids is 1. The number of ether oxygens (including phenoxy) is 1. The van der Waals surface area contributed by atoms with E-state index >= 15 is 0 Å². The van der Waals surface area contributed by atoms with Crippen molar-refractivity contribution in [2.75, 3.05) is 7.11 Å². The Balaban J connectivity index is 1.54. The second-order valence-electron chi connectivity index (χ2n) is 7.13. The summed E-state index contributed by atoms with van der Waals surface area (Å²) in [5.41, 5.74) is 3.15. The number of methoxy groups -OCH3 is 1. The van der Waals surface area contributed by atoms with Crippen molar-refractivity contribution in [2.45, 2.75) is 36.7 Å². The summed E-state index contributed by atoms with van der Waals surface area (Å²) in [5, 5.41) is 4.50. The highest BCUT2D eigenvalue weighted by molar-refractivity contribution is 7.89. The average Bonchev–Trinajstić information content (AvgIpc) is 3.17. The minimum Gasteiger partial charge on any atom is -0.464 e. The van der Waals surface area contributed by atoms with Crippen LogP contribution >= 0.6 is 0 Å². The number of hydrogen-bond acceptors (Lipinski definition) is 6. The number of aromatic nitrogens is 3. The molecular formula is C21H22N4O4S. The number of carbonyl (C=O) groups is 1. The van der Waals surface area contributed by atoms with E-state index in [0.29, 0.717) is 13.0 Å². The molecule has 1 aliphatic carbocycles. The van der Waals surface area contributed by atoms with Crippen molar-refractivity contribution >= 4 is 16.0 Å². The van der Waals surface area contributed by atoms with Gasteiger partial charge in [0.25, 0.3) is 0 Å². The third-order valence-electron chi connectivity index (χ3n) is 5.18. The largest absolute Gasteiger partial charge is 0.464 e. The van der Waals surface area contributed by atoms with Gasteiger partial charge in [-0.05, 0) is 37.0 Å². The van der Waals surface area contributed by atoms with Gasteiger partial charge in [-0.15, -0.1) is 0 Å². The summed E-state index contributed by atoms with van der Waals surface area (Å²) in [7, 11) is -2.56. The molecule has 0 fully saturated rings. The van der Waals surface area contributed by atoms with Crippen LogP contribution in [0, 0.1) is 0 Å². The van der Waals surface area contributed by atoms with Gasteiger partial charge in [-0.25, -0.2) is 22.9 Å². The van der Waals surface area contributed by atoms with Crippen molar-refractivity contribution in [1.29, 1.82) is 0 Å². The predicted molar refractivity (Wildman–Crippen MR) is 109 cm³/mol. The highest BCUT2D eigenvalue weighted by Crippen LogP contribution is 2.31. The molecule has 0 aliphatic heterocycles. The van der Waals surface area contributed by atoms with Gasteiger partial charge in [0.05, 0.1) is 25.9 Å². The van der Waals surface area contributed by atoms with Gasteiger partial charge >= 0.3 is 5.97 Å². The first-order valence-corrected chi connectivity index (χ1v) is 11.1. The van der Waals surface area contributed by atoms with Crippen molar-refractivity contribution < 1.29 is 17.9 Å². The summed E-state index contributed by atoms with van der Waals surface area (Å²) in [6.45, 7) is 0.647. The molecule has 1 aliphatic rings. The fourth-order valence-electron chi connectivity index (χ4n) is 3.65. The van der Waals surface area contributed by atoms with E-state index in [0.717, 1.165) is 35.9 Å². The lowest BCUT2D eigenvalue weighted by atomic mass is 9.94. The number of hydrogen-bond donors (Lipinski definition) is 1. The lowest BCUT2D eigenvalue weighted by Crippen LogP contribution is -2.31. The minimum atomic E-state index is -3.80. The predicted octanol–water partition coefficient (Wildman–Crippen LogP) is 2.47. The molecule has 0 spiro atoms. The smallest absolute Gasteiger partial charge is 0.356 e. The van der Waals surface area contributed by atoms with Crippen LogP contribution in [0.5, 0.6) is 0 Å². The molecule has 30 heavy (non-hydrogen) atoms. The third-order valence-corrected chi connectivity index (χ3v) is 6.63. The number of nitrogens with zero attached hydrogens (tertiary/aromatic N) is 3. The topological polar surface area (TPSA) is 103 Å². The molecule has 3 aromatic rings. The number of benzene rings is 1. The molecule has 8 nitrogen and oxygen atoms in total. The van der Waals surface area contributed by atoms with E-state index in [1.807, 2.05) is 35.0 Å². The Kier molecular flexibility index (Phi) is 5.65. The Hall–Kier alpha value is -3.04. The number of nitrogens with one attached hydrogen (secondary N) is 1. The van der Waals surface area contributed by atoms with E-state index in [9.17, 15) is 13.2 Å². The van der Waals surface area contributed by atoms with E-state index in [1.165, 1.54) is 19.2 Å². The van der Waals surface area contributed by atoms with Crippen LogP contribution in [0.3, 0.4) is 0 Å². The molecule has 1 unspecified atom stereocenters. The zero-order chi connectivity index (χ0) is 21.1. The maximum absolute atomic E-state index is 12.9. The molecule has 2 aromatic heterocycles. The average molecular weight is 426 g/mol. The Morgan fingerprint density at radius 2 is 2.00 bits per heavy atom. The lowest BCUT2D eigenvalue weighted by Gasteiger charge is -2.24. The first-order valence-electron chi connectivity index (χ1n) is 9.63. The summed E-state index contributed by atoms with van der Waals surface area (Å²) >= 11 is 0. The van der Waals surface area contributed by atoms with Gasteiger partial charge in [0.15, 0.2) is 0 Å². The highest BCUT2D eigenvalue weighted by atomic mass is 32.2. The molecule has 156 valence electrons. The third kappa shape index (κ3) is 4.12. The van der Waals surface area contributed by atoms with Crippen molar-refractivity contribution in [1.82, 2.24) is 19.5 Å². The zero-order valence-corrected chi connectivity index (χ0v) is 17.3. The van der Waals surface area contributed by atoms with Gasteiger partial charge in [0.2, 0.25) is 10.0 Å². The van der Waals surface area contributed by atoms with Crippen LogP contribution in [-0.4, -0.2) is 36.3 Å². The van der Waals surface area contributed by atoms with Gasteiger partial charge in [0.1, 0.15) is 10.6 Å². The van der Waals surface area contributed by atoms with E-state index in [1.54, 1.807) is 6.20 Å². The quantitative estimate of drug-likeness (QED) is 0.608. The van der Waals surface area contributed by atoms with Crippen LogP contribution < -0.4 is 4.72 Å². The first-order chi connectivity index (χ1) is 14.5. The SMILES string of the molecule is COC(=O)c1ccc(S(=O)(=O)NC2CCCc3c2cnn3Cc2ccccc2)cn1. The molecule has 0 saturated carbocycles. The summed E-state index contributed by atoms with van der Waals surface area (Å²) < 4.78 is 35.0. The Morgan fingerprint density at radius 1 is 1.20 bits per heavy atom. The second kappa shape index (κ2) is 8.37. The Labute approximate surface area is 175 Å². The number of esters is 1. The van der Waals surface area contributed by atoms with Crippen LogP contribution in [0.2, 0.25) is 0 Å². The molecule has 1 atom stereocenters. The van der Waals surface area contributed by atoms with Crippen LogP contribution in [-0.2, 0) is 27.7 Å². The minimum absolute atomic E-state index is 0.000969. The Morgan fingerprint density at radius 3 is 2.70 bits per heavy atom. The van der Waals surface area contributed by atoms with Crippen molar-refractivity contribution in [2.24, 2.45) is 0 Å². The number of pyridine rings is 1. The molecule has 4 rings (SSSR count). The maximum Gasteiger partial charge on any atom is 0.356 e. The summed E-state index contributed by atoms with van der Waals surface area (Å²) in [6, 6.07) is 12.4.